The summed E-state index contributed by atoms with van der Waals surface area (Å²) in [4.78, 5) is 28.8. The molecule has 3 amide bonds. The number of carbonyl (C=O) groups excluding carboxylic acids is 2. The van der Waals surface area contributed by atoms with E-state index in [1.54, 1.807) is 0 Å². The fourth-order valence-corrected chi connectivity index (χ4v) is 4.51. The third-order valence-electron chi connectivity index (χ3n) is 6.47. The second-order valence-corrected chi connectivity index (χ2v) is 8.77. The van der Waals surface area contributed by atoms with E-state index in [1.165, 1.54) is 5.56 Å². The maximum Gasteiger partial charge on any atom is 0.317 e. The molecule has 7 nitrogen and oxygen atoms in total. The molecule has 0 spiro atoms. The lowest BCUT2D eigenvalue weighted by Crippen LogP contribution is -2.44. The maximum absolute atomic E-state index is 12.7. The van der Waals surface area contributed by atoms with Crippen LogP contribution in [0.25, 0.3) is 0 Å². The number of likely N-dealkylation sites (tertiary alicyclic amines) is 1. The summed E-state index contributed by atoms with van der Waals surface area (Å²) in [6.07, 6.45) is 3.01. The Hall–Kier alpha value is -3.06. The average molecular weight is 451 g/mol. The van der Waals surface area contributed by atoms with Crippen LogP contribution in [-0.4, -0.2) is 62.8 Å². The molecule has 2 N–H and O–H groups in total. The van der Waals surface area contributed by atoms with Gasteiger partial charge in [-0.1, -0.05) is 12.1 Å². The Balaban J connectivity index is 1.26. The van der Waals surface area contributed by atoms with E-state index in [9.17, 15) is 9.59 Å². The van der Waals surface area contributed by atoms with Gasteiger partial charge in [-0.3, -0.25) is 4.79 Å². The summed E-state index contributed by atoms with van der Waals surface area (Å²) in [5.74, 6) is 0.469. The number of nitrogens with zero attached hydrogens (tertiary/aromatic N) is 2. The molecular weight excluding hydrogens is 416 g/mol. The largest absolute Gasteiger partial charge is 0.378 e. The molecule has 2 aromatic carbocycles. The zero-order valence-corrected chi connectivity index (χ0v) is 19.4. The molecule has 0 aromatic heterocycles. The van der Waals surface area contributed by atoms with E-state index in [0.29, 0.717) is 18.0 Å². The minimum atomic E-state index is -0.101. The van der Waals surface area contributed by atoms with Gasteiger partial charge in [0.1, 0.15) is 0 Å². The summed E-state index contributed by atoms with van der Waals surface area (Å²) in [7, 11) is 0. The van der Waals surface area contributed by atoms with Crippen LogP contribution in [0.15, 0.2) is 48.5 Å². The van der Waals surface area contributed by atoms with Crippen LogP contribution in [0.4, 0.5) is 16.2 Å². The van der Waals surface area contributed by atoms with Crippen LogP contribution in [0.3, 0.4) is 0 Å². The van der Waals surface area contributed by atoms with E-state index in [1.807, 2.05) is 60.4 Å². The van der Waals surface area contributed by atoms with Crippen molar-refractivity contribution in [3.05, 3.63) is 59.7 Å². The maximum atomic E-state index is 12.7. The summed E-state index contributed by atoms with van der Waals surface area (Å²) >= 11 is 0. The van der Waals surface area contributed by atoms with Crippen molar-refractivity contribution < 1.29 is 14.3 Å². The minimum Gasteiger partial charge on any atom is -0.378 e. The molecule has 0 unspecified atom stereocenters. The SMILES string of the molecule is CCNC(=O)N1CCC(Cc2ccc(C(=O)Nc3ccc(N4CCOCC4)cc3)cc2)CC1. The predicted molar refractivity (Wildman–Crippen MR) is 131 cm³/mol. The highest BCUT2D eigenvalue weighted by atomic mass is 16.5. The van der Waals surface area contributed by atoms with Crippen molar-refractivity contribution in [3.8, 4) is 0 Å². The molecule has 2 heterocycles. The highest BCUT2D eigenvalue weighted by Crippen LogP contribution is 2.23. The zero-order valence-electron chi connectivity index (χ0n) is 19.4. The van der Waals surface area contributed by atoms with E-state index in [0.717, 1.165) is 70.0 Å². The fraction of sp³-hybridized carbons (Fsp3) is 0.462. The number of amides is 3. The minimum absolute atomic E-state index is 0.0436. The van der Waals surface area contributed by atoms with E-state index in [2.05, 4.69) is 15.5 Å². The molecule has 2 aliphatic heterocycles. The van der Waals surface area contributed by atoms with E-state index in [-0.39, 0.29) is 11.9 Å². The lowest BCUT2D eigenvalue weighted by Gasteiger charge is -2.32. The Morgan fingerprint density at radius 2 is 1.61 bits per heavy atom. The summed E-state index contributed by atoms with van der Waals surface area (Å²) < 4.78 is 5.40. The Kier molecular flexibility index (Phi) is 7.83. The summed E-state index contributed by atoms with van der Waals surface area (Å²) in [5, 5.41) is 5.86. The van der Waals surface area contributed by atoms with Gasteiger partial charge in [-0.2, -0.15) is 0 Å². The first kappa shape index (κ1) is 23.1. The molecule has 2 fully saturated rings. The van der Waals surface area contributed by atoms with Gasteiger partial charge in [0.25, 0.3) is 5.91 Å². The number of nitrogens with one attached hydrogen (secondary N) is 2. The number of anilines is 2. The molecule has 0 atom stereocenters. The second-order valence-electron chi connectivity index (χ2n) is 8.77. The van der Waals surface area contributed by atoms with Gasteiger partial charge in [0.2, 0.25) is 0 Å². The molecule has 176 valence electrons. The van der Waals surface area contributed by atoms with Crippen molar-refractivity contribution in [2.75, 3.05) is 56.2 Å². The van der Waals surface area contributed by atoms with Crippen LogP contribution in [-0.2, 0) is 11.2 Å². The number of carbonyl (C=O) groups is 2. The van der Waals surface area contributed by atoms with Gasteiger partial charge in [-0.05, 0) is 74.1 Å². The molecule has 0 saturated carbocycles. The van der Waals surface area contributed by atoms with Gasteiger partial charge in [0.05, 0.1) is 13.2 Å². The number of hydrogen-bond donors (Lipinski definition) is 2. The second kappa shape index (κ2) is 11.2. The van der Waals surface area contributed by atoms with Gasteiger partial charge < -0.3 is 25.2 Å². The third-order valence-corrected chi connectivity index (χ3v) is 6.47. The molecule has 7 heteroatoms. The molecule has 0 aliphatic carbocycles. The average Bonchev–Trinajstić information content (AvgIpc) is 2.86. The normalized spacial score (nSPS) is 17.0. The molecule has 2 aliphatic rings. The topological polar surface area (TPSA) is 73.9 Å². The number of urea groups is 1. The quantitative estimate of drug-likeness (QED) is 0.703. The predicted octanol–water partition coefficient (Wildman–Crippen LogP) is 3.76. The lowest BCUT2D eigenvalue weighted by molar-refractivity contribution is 0.102. The van der Waals surface area contributed by atoms with Gasteiger partial charge in [-0.15, -0.1) is 0 Å². The number of piperidine rings is 1. The summed E-state index contributed by atoms with van der Waals surface area (Å²) in [5.41, 5.74) is 3.83. The van der Waals surface area contributed by atoms with Crippen molar-refractivity contribution in [1.82, 2.24) is 10.2 Å². The third kappa shape index (κ3) is 6.26. The van der Waals surface area contributed by atoms with Crippen molar-refractivity contribution >= 4 is 23.3 Å². The standard InChI is InChI=1S/C26H34N4O3/c1-2-27-26(32)30-13-11-21(12-14-30)19-20-3-5-22(6-4-20)25(31)28-23-7-9-24(10-8-23)29-15-17-33-18-16-29/h3-10,21H,2,11-19H2,1H3,(H,27,32)(H,28,31). The number of morpholine rings is 1. The van der Waals surface area contributed by atoms with E-state index >= 15 is 0 Å². The van der Waals surface area contributed by atoms with Gasteiger partial charge >= 0.3 is 6.03 Å². The van der Waals surface area contributed by atoms with Crippen LogP contribution < -0.4 is 15.5 Å². The van der Waals surface area contributed by atoms with Crippen molar-refractivity contribution in [2.45, 2.75) is 26.2 Å². The number of ether oxygens (including phenoxy) is 1. The highest BCUT2D eigenvalue weighted by Gasteiger charge is 2.22. The Morgan fingerprint density at radius 1 is 0.939 bits per heavy atom. The molecular formula is C26H34N4O3. The van der Waals surface area contributed by atoms with Crippen molar-refractivity contribution in [2.24, 2.45) is 5.92 Å². The highest BCUT2D eigenvalue weighted by molar-refractivity contribution is 6.04. The first-order chi connectivity index (χ1) is 16.1. The van der Waals surface area contributed by atoms with Crippen LogP contribution in [0, 0.1) is 5.92 Å². The van der Waals surface area contributed by atoms with Gasteiger partial charge in [0.15, 0.2) is 0 Å². The van der Waals surface area contributed by atoms with Gasteiger partial charge in [0, 0.05) is 49.7 Å². The lowest BCUT2D eigenvalue weighted by atomic mass is 9.90. The first-order valence-corrected chi connectivity index (χ1v) is 12.0. The fourth-order valence-electron chi connectivity index (χ4n) is 4.51. The molecule has 2 saturated heterocycles. The van der Waals surface area contributed by atoms with Crippen LogP contribution in [0.5, 0.6) is 0 Å². The van der Waals surface area contributed by atoms with E-state index in [4.69, 9.17) is 4.74 Å². The Labute approximate surface area is 196 Å². The number of benzene rings is 2. The van der Waals surface area contributed by atoms with Gasteiger partial charge in [-0.25, -0.2) is 4.79 Å². The molecule has 2 aromatic rings. The van der Waals surface area contributed by atoms with E-state index < -0.39 is 0 Å². The van der Waals surface area contributed by atoms with Crippen LogP contribution in [0.1, 0.15) is 35.7 Å². The Morgan fingerprint density at radius 3 is 2.24 bits per heavy atom. The Bertz CT molecular complexity index is 916. The monoisotopic (exact) mass is 450 g/mol. The van der Waals surface area contributed by atoms with Crippen molar-refractivity contribution in [3.63, 3.8) is 0 Å². The first-order valence-electron chi connectivity index (χ1n) is 12.0. The number of hydrogen-bond acceptors (Lipinski definition) is 4. The van der Waals surface area contributed by atoms with Crippen LogP contribution in [0.2, 0.25) is 0 Å². The molecule has 0 radical (unpaired) electrons. The smallest absolute Gasteiger partial charge is 0.317 e. The summed E-state index contributed by atoms with van der Waals surface area (Å²) in [6.45, 7) is 7.52. The summed E-state index contributed by atoms with van der Waals surface area (Å²) in [6, 6.07) is 15.9. The zero-order chi connectivity index (χ0) is 23.0. The van der Waals surface area contributed by atoms with Crippen LogP contribution >= 0.6 is 0 Å². The molecule has 0 bridgehead atoms. The van der Waals surface area contributed by atoms with Crippen molar-refractivity contribution in [1.29, 1.82) is 0 Å². The molecule has 33 heavy (non-hydrogen) atoms. The number of rotatable bonds is 6. The molecule has 4 rings (SSSR count).